The lowest BCUT2D eigenvalue weighted by molar-refractivity contribution is 0.122. The molecule has 0 atom stereocenters. The number of allylic oxidation sites excluding steroid dienone is 1. The molecule has 1 aliphatic rings. The van der Waals surface area contributed by atoms with E-state index in [1.165, 1.54) is 0 Å². The van der Waals surface area contributed by atoms with E-state index in [4.69, 9.17) is 9.72 Å². The zero-order valence-electron chi connectivity index (χ0n) is 15.5. The molecule has 0 aliphatic carbocycles. The van der Waals surface area contributed by atoms with Crippen molar-refractivity contribution in [1.29, 1.82) is 0 Å². The van der Waals surface area contributed by atoms with Crippen molar-refractivity contribution in [3.63, 3.8) is 0 Å². The number of aromatic nitrogens is 6. The van der Waals surface area contributed by atoms with Crippen molar-refractivity contribution in [3.05, 3.63) is 55.4 Å². The molecule has 5 rings (SSSR count). The Kier molecular flexibility index (Phi) is 4.25. The van der Waals surface area contributed by atoms with E-state index >= 15 is 0 Å². The molecule has 1 saturated heterocycles. The van der Waals surface area contributed by atoms with E-state index in [1.807, 2.05) is 35.2 Å². The molecule has 0 bridgehead atoms. The Morgan fingerprint density at radius 1 is 1.11 bits per heavy atom. The van der Waals surface area contributed by atoms with Crippen LogP contribution in [0.3, 0.4) is 0 Å². The summed E-state index contributed by atoms with van der Waals surface area (Å²) < 4.78 is 9.66. The van der Waals surface area contributed by atoms with Crippen LogP contribution in [0.15, 0.2) is 49.6 Å². The van der Waals surface area contributed by atoms with Gasteiger partial charge < -0.3 is 18.8 Å². The number of anilines is 1. The molecule has 0 amide bonds. The van der Waals surface area contributed by atoms with Crippen LogP contribution in [0.4, 0.5) is 5.82 Å². The average Bonchev–Trinajstić information content (AvgIpc) is 3.31. The third-order valence-corrected chi connectivity index (χ3v) is 5.05. The fourth-order valence-electron chi connectivity index (χ4n) is 3.72. The first kappa shape index (κ1) is 16.9. The molecule has 0 radical (unpaired) electrons. The second-order valence-electron chi connectivity index (χ2n) is 6.76. The first-order chi connectivity index (χ1) is 13.8. The number of fused-ring (bicyclic) bond motifs is 2. The van der Waals surface area contributed by atoms with E-state index in [1.54, 1.807) is 6.33 Å². The van der Waals surface area contributed by atoms with E-state index in [0.717, 1.165) is 46.9 Å². The van der Waals surface area contributed by atoms with Gasteiger partial charge >= 0.3 is 0 Å². The van der Waals surface area contributed by atoms with Crippen LogP contribution >= 0.6 is 0 Å². The molecule has 4 aromatic rings. The minimum Gasteiger partial charge on any atom is -0.378 e. The van der Waals surface area contributed by atoms with Crippen LogP contribution in [0, 0.1) is 0 Å². The minimum atomic E-state index is 0.582. The van der Waals surface area contributed by atoms with Gasteiger partial charge in [-0.1, -0.05) is 18.2 Å². The number of hydrogen-bond acceptors (Lipinski definition) is 6. The van der Waals surface area contributed by atoms with Gasteiger partial charge in [-0.2, -0.15) is 0 Å². The highest BCUT2D eigenvalue weighted by Crippen LogP contribution is 2.23. The number of hydrogen-bond donors (Lipinski definition) is 0. The van der Waals surface area contributed by atoms with Gasteiger partial charge in [0, 0.05) is 19.6 Å². The normalized spacial score (nSPS) is 14.8. The zero-order valence-corrected chi connectivity index (χ0v) is 15.5. The van der Waals surface area contributed by atoms with Crippen molar-refractivity contribution in [3.8, 4) is 0 Å². The van der Waals surface area contributed by atoms with Crippen molar-refractivity contribution in [2.45, 2.75) is 13.1 Å². The third kappa shape index (κ3) is 2.82. The average molecular weight is 375 g/mol. The molecule has 142 valence electrons. The standard InChI is InChI=1S/C20H21N7O/c1-2-7-27-16-6-4-3-5-15(16)24-17(27)12-26-14-23-18-19(21-13-22-20(18)26)25-8-10-28-11-9-25/h2-6,13-14H,1,7-12H2. The molecule has 1 aromatic carbocycles. The maximum atomic E-state index is 5.45. The van der Waals surface area contributed by atoms with Crippen LogP contribution in [0.25, 0.3) is 22.2 Å². The number of nitrogens with zero attached hydrogens (tertiary/aromatic N) is 7. The van der Waals surface area contributed by atoms with E-state index in [9.17, 15) is 0 Å². The molecule has 3 aromatic heterocycles. The number of benzene rings is 1. The summed E-state index contributed by atoms with van der Waals surface area (Å²) >= 11 is 0. The zero-order chi connectivity index (χ0) is 18.9. The highest BCUT2D eigenvalue weighted by Gasteiger charge is 2.19. The summed E-state index contributed by atoms with van der Waals surface area (Å²) in [4.78, 5) is 20.6. The number of imidazole rings is 2. The summed E-state index contributed by atoms with van der Waals surface area (Å²) in [5.41, 5.74) is 3.71. The van der Waals surface area contributed by atoms with E-state index in [2.05, 4.69) is 37.1 Å². The van der Waals surface area contributed by atoms with Crippen molar-refractivity contribution >= 4 is 28.0 Å². The second-order valence-corrected chi connectivity index (χ2v) is 6.76. The van der Waals surface area contributed by atoms with E-state index in [0.29, 0.717) is 26.3 Å². The van der Waals surface area contributed by atoms with Gasteiger partial charge in [0.05, 0.1) is 37.1 Å². The molecule has 8 heteroatoms. The highest BCUT2D eigenvalue weighted by atomic mass is 16.5. The summed E-state index contributed by atoms with van der Waals surface area (Å²) in [6.45, 7) is 8.22. The molecular formula is C20H21N7O. The van der Waals surface area contributed by atoms with Crippen LogP contribution in [-0.4, -0.2) is 55.4 Å². The molecule has 0 unspecified atom stereocenters. The van der Waals surface area contributed by atoms with Crippen molar-refractivity contribution in [2.24, 2.45) is 0 Å². The molecule has 8 nitrogen and oxygen atoms in total. The Bertz CT molecular complexity index is 1140. The van der Waals surface area contributed by atoms with Gasteiger partial charge in [0.15, 0.2) is 17.0 Å². The maximum Gasteiger partial charge on any atom is 0.165 e. The van der Waals surface area contributed by atoms with Crippen molar-refractivity contribution in [2.75, 3.05) is 31.2 Å². The summed E-state index contributed by atoms with van der Waals surface area (Å²) in [6, 6.07) is 8.15. The Morgan fingerprint density at radius 2 is 1.96 bits per heavy atom. The monoisotopic (exact) mass is 375 g/mol. The van der Waals surface area contributed by atoms with Crippen LogP contribution in [0.1, 0.15) is 5.82 Å². The molecule has 0 spiro atoms. The molecule has 0 saturated carbocycles. The number of ether oxygens (including phenoxy) is 1. The van der Waals surface area contributed by atoms with Crippen LogP contribution in [-0.2, 0) is 17.8 Å². The first-order valence-corrected chi connectivity index (χ1v) is 9.38. The largest absolute Gasteiger partial charge is 0.378 e. The number of para-hydroxylation sites is 2. The lowest BCUT2D eigenvalue weighted by Crippen LogP contribution is -2.36. The van der Waals surface area contributed by atoms with Gasteiger partial charge in [0.25, 0.3) is 0 Å². The topological polar surface area (TPSA) is 73.9 Å². The SMILES string of the molecule is C=CCn1c(Cn2cnc3c(N4CCOCC4)ncnc32)nc2ccccc21. The fourth-order valence-corrected chi connectivity index (χ4v) is 3.72. The van der Waals surface area contributed by atoms with E-state index in [-0.39, 0.29) is 0 Å². The Balaban J connectivity index is 1.55. The Morgan fingerprint density at radius 3 is 2.82 bits per heavy atom. The third-order valence-electron chi connectivity index (χ3n) is 5.05. The predicted molar refractivity (Wildman–Crippen MR) is 107 cm³/mol. The lowest BCUT2D eigenvalue weighted by atomic mass is 10.3. The molecule has 1 fully saturated rings. The fraction of sp³-hybridized carbons (Fsp3) is 0.300. The number of rotatable bonds is 5. The summed E-state index contributed by atoms with van der Waals surface area (Å²) in [6.07, 6.45) is 5.32. The molecule has 4 heterocycles. The summed E-state index contributed by atoms with van der Waals surface area (Å²) in [5, 5.41) is 0. The quantitative estimate of drug-likeness (QED) is 0.498. The van der Waals surface area contributed by atoms with Gasteiger partial charge in [0.1, 0.15) is 12.2 Å². The van der Waals surface area contributed by atoms with Crippen LogP contribution in [0.5, 0.6) is 0 Å². The van der Waals surface area contributed by atoms with Crippen LogP contribution in [0.2, 0.25) is 0 Å². The Hall–Kier alpha value is -3.26. The van der Waals surface area contributed by atoms with Crippen LogP contribution < -0.4 is 4.90 Å². The van der Waals surface area contributed by atoms with Gasteiger partial charge in [-0.05, 0) is 12.1 Å². The van der Waals surface area contributed by atoms with Crippen molar-refractivity contribution in [1.82, 2.24) is 29.1 Å². The lowest BCUT2D eigenvalue weighted by Gasteiger charge is -2.27. The first-order valence-electron chi connectivity index (χ1n) is 9.38. The summed E-state index contributed by atoms with van der Waals surface area (Å²) in [7, 11) is 0. The van der Waals surface area contributed by atoms with Gasteiger partial charge in [0.2, 0.25) is 0 Å². The molecule has 0 N–H and O–H groups in total. The second kappa shape index (κ2) is 7.05. The number of morpholine rings is 1. The summed E-state index contributed by atoms with van der Waals surface area (Å²) in [5.74, 6) is 1.82. The highest BCUT2D eigenvalue weighted by molar-refractivity contribution is 5.83. The minimum absolute atomic E-state index is 0.582. The maximum absolute atomic E-state index is 5.45. The predicted octanol–water partition coefficient (Wildman–Crippen LogP) is 2.25. The molecule has 28 heavy (non-hydrogen) atoms. The smallest absolute Gasteiger partial charge is 0.165 e. The molecule has 1 aliphatic heterocycles. The Labute approximate surface area is 162 Å². The molecular weight excluding hydrogens is 354 g/mol. The van der Waals surface area contributed by atoms with Gasteiger partial charge in [-0.25, -0.2) is 19.9 Å². The van der Waals surface area contributed by atoms with Crippen molar-refractivity contribution < 1.29 is 4.74 Å². The van der Waals surface area contributed by atoms with Gasteiger partial charge in [-0.15, -0.1) is 6.58 Å². The van der Waals surface area contributed by atoms with E-state index < -0.39 is 0 Å². The van der Waals surface area contributed by atoms with Gasteiger partial charge in [-0.3, -0.25) is 0 Å².